The number of tetrazole rings is 1. The zero-order chi connectivity index (χ0) is 19.0. The molecule has 2 aromatic rings. The molecule has 2 atom stereocenters. The van der Waals surface area contributed by atoms with Crippen LogP contribution < -0.4 is 0 Å². The average Bonchev–Trinajstić information content (AvgIpc) is 3.22. The van der Waals surface area contributed by atoms with Gasteiger partial charge in [0.1, 0.15) is 12.1 Å². The van der Waals surface area contributed by atoms with E-state index in [1.54, 1.807) is 17.0 Å². The number of hydrogen-bond acceptors (Lipinski definition) is 7. The standard InChI is InChI=1S/C18H23N5O4/c1-2-27-16-10-15(25)18(16)5-7-22(8-6-18)17(26)13-4-3-12(9-14(13)24)23-11-19-20-21-23/h3-4,9,11,15-16,24-25H,2,5-8,10H2,1H3/t15-,16+/m0/s1. The van der Waals surface area contributed by atoms with Crippen LogP contribution in [0.5, 0.6) is 5.75 Å². The average molecular weight is 373 g/mol. The molecule has 1 aliphatic carbocycles. The zero-order valence-electron chi connectivity index (χ0n) is 15.2. The van der Waals surface area contributed by atoms with Crippen molar-refractivity contribution in [3.8, 4) is 11.4 Å². The lowest BCUT2D eigenvalue weighted by Gasteiger charge is -2.56. The van der Waals surface area contributed by atoms with E-state index in [0.29, 0.717) is 44.6 Å². The highest BCUT2D eigenvalue weighted by molar-refractivity contribution is 5.97. The van der Waals surface area contributed by atoms with Gasteiger partial charge in [-0.05, 0) is 42.3 Å². The third kappa shape index (κ3) is 2.96. The highest BCUT2D eigenvalue weighted by Gasteiger charge is 2.56. The largest absolute Gasteiger partial charge is 0.507 e. The number of likely N-dealkylation sites (tertiary alicyclic amines) is 1. The monoisotopic (exact) mass is 373 g/mol. The smallest absolute Gasteiger partial charge is 0.257 e. The van der Waals surface area contributed by atoms with Crippen molar-refractivity contribution >= 4 is 5.91 Å². The highest BCUT2D eigenvalue weighted by atomic mass is 16.5. The van der Waals surface area contributed by atoms with Gasteiger partial charge in [0.25, 0.3) is 5.91 Å². The molecule has 2 fully saturated rings. The number of aromatic nitrogens is 4. The molecule has 0 bridgehead atoms. The Kier molecular flexibility index (Phi) is 4.56. The van der Waals surface area contributed by atoms with Crippen molar-refractivity contribution in [2.24, 2.45) is 5.41 Å². The van der Waals surface area contributed by atoms with E-state index in [1.807, 2.05) is 6.92 Å². The second-order valence-electron chi connectivity index (χ2n) is 7.18. The number of aliphatic hydroxyl groups is 1. The zero-order valence-corrected chi connectivity index (χ0v) is 15.2. The van der Waals surface area contributed by atoms with E-state index in [2.05, 4.69) is 15.5 Å². The molecule has 1 saturated carbocycles. The predicted molar refractivity (Wildman–Crippen MR) is 94.4 cm³/mol. The molecule has 1 amide bonds. The molecule has 2 N–H and O–H groups in total. The lowest BCUT2D eigenvalue weighted by atomic mass is 9.58. The van der Waals surface area contributed by atoms with Crippen LogP contribution in [-0.4, -0.2) is 73.1 Å². The number of nitrogens with zero attached hydrogens (tertiary/aromatic N) is 5. The van der Waals surface area contributed by atoms with E-state index in [0.717, 1.165) is 0 Å². The maximum absolute atomic E-state index is 12.8. The minimum atomic E-state index is -0.365. The summed E-state index contributed by atoms with van der Waals surface area (Å²) in [6.07, 6.45) is 3.19. The number of aliphatic hydroxyl groups excluding tert-OH is 1. The number of piperidine rings is 1. The first-order chi connectivity index (χ1) is 13.0. The minimum absolute atomic E-state index is 0.0683. The van der Waals surface area contributed by atoms with Crippen molar-refractivity contribution in [1.29, 1.82) is 0 Å². The third-order valence-corrected chi connectivity index (χ3v) is 5.92. The number of carbonyl (C=O) groups is 1. The Labute approximate surface area is 156 Å². The topological polar surface area (TPSA) is 114 Å². The van der Waals surface area contributed by atoms with E-state index in [9.17, 15) is 15.0 Å². The SMILES string of the molecule is CCO[C@@H]1C[C@H](O)C12CCN(C(=O)c1ccc(-n3cnnn3)cc1O)CC2. The summed E-state index contributed by atoms with van der Waals surface area (Å²) < 4.78 is 7.17. The molecule has 1 aromatic heterocycles. The first-order valence-corrected chi connectivity index (χ1v) is 9.20. The second-order valence-corrected chi connectivity index (χ2v) is 7.18. The first kappa shape index (κ1) is 17.9. The summed E-state index contributed by atoms with van der Waals surface area (Å²) in [6.45, 7) is 3.66. The molecule has 1 aromatic carbocycles. The van der Waals surface area contributed by atoms with Gasteiger partial charge >= 0.3 is 0 Å². The molecule has 27 heavy (non-hydrogen) atoms. The summed E-state index contributed by atoms with van der Waals surface area (Å²) in [5.74, 6) is -0.323. The van der Waals surface area contributed by atoms with E-state index >= 15 is 0 Å². The molecule has 9 nitrogen and oxygen atoms in total. The van der Waals surface area contributed by atoms with Gasteiger partial charge in [0.05, 0.1) is 23.5 Å². The molecule has 0 unspecified atom stereocenters. The van der Waals surface area contributed by atoms with Gasteiger partial charge in [0, 0.05) is 37.6 Å². The van der Waals surface area contributed by atoms with Gasteiger partial charge in [-0.1, -0.05) is 0 Å². The van der Waals surface area contributed by atoms with Gasteiger partial charge in [0.2, 0.25) is 0 Å². The van der Waals surface area contributed by atoms with E-state index in [1.165, 1.54) is 17.1 Å². The van der Waals surface area contributed by atoms with Crippen LogP contribution in [0.25, 0.3) is 5.69 Å². The van der Waals surface area contributed by atoms with E-state index in [-0.39, 0.29) is 34.8 Å². The Bertz CT molecular complexity index is 815. The van der Waals surface area contributed by atoms with Crippen LogP contribution in [0.4, 0.5) is 0 Å². The Balaban J connectivity index is 1.45. The quantitative estimate of drug-likeness (QED) is 0.813. The number of phenols is 1. The van der Waals surface area contributed by atoms with Crippen molar-refractivity contribution in [3.63, 3.8) is 0 Å². The fourth-order valence-corrected chi connectivity index (χ4v) is 4.24. The van der Waals surface area contributed by atoms with Gasteiger partial charge in [-0.25, -0.2) is 4.68 Å². The van der Waals surface area contributed by atoms with Gasteiger partial charge in [-0.2, -0.15) is 0 Å². The van der Waals surface area contributed by atoms with Crippen LogP contribution in [-0.2, 0) is 4.74 Å². The number of hydrogen-bond donors (Lipinski definition) is 2. The van der Waals surface area contributed by atoms with Crippen molar-refractivity contribution < 1.29 is 19.7 Å². The molecule has 2 heterocycles. The van der Waals surface area contributed by atoms with Crippen LogP contribution in [0.15, 0.2) is 24.5 Å². The van der Waals surface area contributed by atoms with Gasteiger partial charge < -0.3 is 19.8 Å². The molecule has 1 spiro atoms. The Morgan fingerprint density at radius 1 is 1.37 bits per heavy atom. The number of carbonyl (C=O) groups excluding carboxylic acids is 1. The summed E-state index contributed by atoms with van der Waals surface area (Å²) in [6, 6.07) is 4.74. The van der Waals surface area contributed by atoms with Crippen molar-refractivity contribution in [2.75, 3.05) is 19.7 Å². The molecule has 9 heteroatoms. The van der Waals surface area contributed by atoms with E-state index < -0.39 is 0 Å². The van der Waals surface area contributed by atoms with Crippen molar-refractivity contribution in [2.45, 2.75) is 38.4 Å². The first-order valence-electron chi connectivity index (χ1n) is 9.20. The van der Waals surface area contributed by atoms with Crippen LogP contribution >= 0.6 is 0 Å². The van der Waals surface area contributed by atoms with Crippen molar-refractivity contribution in [3.05, 3.63) is 30.1 Å². The second kappa shape index (κ2) is 6.90. The summed E-state index contributed by atoms with van der Waals surface area (Å²) in [4.78, 5) is 14.6. The minimum Gasteiger partial charge on any atom is -0.507 e. The molecular weight excluding hydrogens is 350 g/mol. The van der Waals surface area contributed by atoms with Crippen molar-refractivity contribution in [1.82, 2.24) is 25.1 Å². The lowest BCUT2D eigenvalue weighted by molar-refractivity contribution is -0.207. The summed E-state index contributed by atoms with van der Waals surface area (Å²) in [5.41, 5.74) is 0.584. The maximum atomic E-state index is 12.8. The van der Waals surface area contributed by atoms with Crippen LogP contribution in [0.1, 0.15) is 36.5 Å². The number of ether oxygens (including phenoxy) is 1. The molecule has 1 saturated heterocycles. The summed E-state index contributed by atoms with van der Waals surface area (Å²) >= 11 is 0. The third-order valence-electron chi connectivity index (χ3n) is 5.92. The fraction of sp³-hybridized carbons (Fsp3) is 0.556. The maximum Gasteiger partial charge on any atom is 0.257 e. The van der Waals surface area contributed by atoms with Gasteiger partial charge in [0.15, 0.2) is 0 Å². The van der Waals surface area contributed by atoms with Crippen LogP contribution in [0, 0.1) is 5.41 Å². The Morgan fingerprint density at radius 2 is 2.15 bits per heavy atom. The summed E-state index contributed by atoms with van der Waals surface area (Å²) in [5, 5.41) is 31.5. The molecule has 144 valence electrons. The highest BCUT2D eigenvalue weighted by Crippen LogP contribution is 2.51. The normalized spacial score (nSPS) is 24.0. The Hall–Kier alpha value is -2.52. The van der Waals surface area contributed by atoms with Gasteiger partial charge in [-0.15, -0.1) is 5.10 Å². The number of benzene rings is 1. The molecule has 2 aliphatic rings. The molecular formula is C18H23N5O4. The predicted octanol–water partition coefficient (Wildman–Crippen LogP) is 0.760. The number of rotatable bonds is 4. The van der Waals surface area contributed by atoms with Gasteiger partial charge in [-0.3, -0.25) is 4.79 Å². The fourth-order valence-electron chi connectivity index (χ4n) is 4.24. The lowest BCUT2D eigenvalue weighted by Crippen LogP contribution is -2.62. The van der Waals surface area contributed by atoms with E-state index in [4.69, 9.17) is 4.74 Å². The number of amides is 1. The molecule has 1 aliphatic heterocycles. The molecule has 4 rings (SSSR count). The number of phenolic OH excluding ortho intramolecular Hbond substituents is 1. The number of aromatic hydroxyl groups is 1. The van der Waals surface area contributed by atoms with Crippen LogP contribution in [0.2, 0.25) is 0 Å². The molecule has 0 radical (unpaired) electrons. The van der Waals surface area contributed by atoms with Crippen LogP contribution in [0.3, 0.4) is 0 Å². The summed E-state index contributed by atoms with van der Waals surface area (Å²) in [7, 11) is 0. The Morgan fingerprint density at radius 3 is 2.74 bits per heavy atom.